The highest BCUT2D eigenvalue weighted by atomic mass is 35.5. The van der Waals surface area contributed by atoms with Gasteiger partial charge in [-0.25, -0.2) is 4.98 Å². The third-order valence-electron chi connectivity index (χ3n) is 1.90. The predicted octanol–water partition coefficient (Wildman–Crippen LogP) is 1.84. The molecule has 1 N–H and O–H groups in total. The minimum Gasteiger partial charge on any atom is -0.320 e. The van der Waals surface area contributed by atoms with Crippen molar-refractivity contribution in [3.63, 3.8) is 0 Å². The quantitative estimate of drug-likeness (QED) is 0.760. The van der Waals surface area contributed by atoms with Crippen LogP contribution in [-0.2, 0) is 6.54 Å². The molecule has 1 aromatic rings. The van der Waals surface area contributed by atoms with E-state index in [0.29, 0.717) is 0 Å². The molecule has 1 aromatic heterocycles. The minimum absolute atomic E-state index is 0.767. The van der Waals surface area contributed by atoms with Crippen LogP contribution in [0.4, 0.5) is 0 Å². The van der Waals surface area contributed by atoms with Crippen LogP contribution in [0.1, 0.15) is 11.4 Å². The Balaban J connectivity index is 2.23. The zero-order valence-electron chi connectivity index (χ0n) is 8.59. The molecular formula is C9H16ClN3S. The molecule has 0 aliphatic heterocycles. The van der Waals surface area contributed by atoms with E-state index in [1.807, 2.05) is 7.05 Å². The van der Waals surface area contributed by atoms with Crippen molar-refractivity contribution in [1.82, 2.24) is 15.2 Å². The van der Waals surface area contributed by atoms with E-state index >= 15 is 0 Å². The third-order valence-corrected chi connectivity index (χ3v) is 3.00. The van der Waals surface area contributed by atoms with Crippen LogP contribution in [0.5, 0.6) is 0 Å². The fraction of sp³-hybridized carbons (Fsp3) is 0.667. The van der Waals surface area contributed by atoms with E-state index in [1.54, 1.807) is 17.5 Å². The summed E-state index contributed by atoms with van der Waals surface area (Å²) in [5.74, 6) is 0. The largest absolute Gasteiger partial charge is 0.320 e. The standard InChI is InChI=1S/C9H16ClN3S/c1-11-4-3-5-13(2)7-9-12-6-8(10)14-9/h6,11H,3-5,7H2,1-2H3. The molecule has 80 valence electrons. The highest BCUT2D eigenvalue weighted by Gasteiger charge is 2.03. The lowest BCUT2D eigenvalue weighted by molar-refractivity contribution is 0.320. The Morgan fingerprint density at radius 3 is 3.00 bits per heavy atom. The highest BCUT2D eigenvalue weighted by molar-refractivity contribution is 7.15. The van der Waals surface area contributed by atoms with Gasteiger partial charge in [0.2, 0.25) is 0 Å². The number of thiazole rings is 1. The van der Waals surface area contributed by atoms with Gasteiger partial charge in [0.05, 0.1) is 12.7 Å². The van der Waals surface area contributed by atoms with Crippen molar-refractivity contribution >= 4 is 22.9 Å². The Bertz CT molecular complexity index is 264. The highest BCUT2D eigenvalue weighted by Crippen LogP contribution is 2.19. The molecule has 0 aromatic carbocycles. The van der Waals surface area contributed by atoms with Gasteiger partial charge in [-0.1, -0.05) is 11.6 Å². The maximum absolute atomic E-state index is 5.80. The first-order chi connectivity index (χ1) is 6.72. The van der Waals surface area contributed by atoms with Crippen LogP contribution >= 0.6 is 22.9 Å². The molecule has 0 saturated carbocycles. The predicted molar refractivity (Wildman–Crippen MR) is 62.0 cm³/mol. The SMILES string of the molecule is CNCCCN(C)Cc1ncc(Cl)s1. The molecule has 3 nitrogen and oxygen atoms in total. The number of nitrogens with zero attached hydrogens (tertiary/aromatic N) is 2. The van der Waals surface area contributed by atoms with E-state index in [9.17, 15) is 0 Å². The van der Waals surface area contributed by atoms with Crippen LogP contribution in [0.3, 0.4) is 0 Å². The molecule has 0 fully saturated rings. The van der Waals surface area contributed by atoms with E-state index in [1.165, 1.54) is 0 Å². The van der Waals surface area contributed by atoms with Crippen LogP contribution < -0.4 is 5.32 Å². The van der Waals surface area contributed by atoms with Crippen LogP contribution in [-0.4, -0.2) is 37.1 Å². The van der Waals surface area contributed by atoms with E-state index in [-0.39, 0.29) is 0 Å². The van der Waals surface area contributed by atoms with Crippen molar-refractivity contribution in [3.05, 3.63) is 15.5 Å². The zero-order valence-corrected chi connectivity index (χ0v) is 10.2. The van der Waals surface area contributed by atoms with Gasteiger partial charge in [0, 0.05) is 0 Å². The fourth-order valence-corrected chi connectivity index (χ4v) is 2.23. The lowest BCUT2D eigenvalue weighted by Gasteiger charge is -2.14. The first kappa shape index (κ1) is 11.9. The summed E-state index contributed by atoms with van der Waals surface area (Å²) in [5.41, 5.74) is 0. The Morgan fingerprint density at radius 1 is 1.64 bits per heavy atom. The molecular weight excluding hydrogens is 218 g/mol. The smallest absolute Gasteiger partial charge is 0.113 e. The van der Waals surface area contributed by atoms with Gasteiger partial charge < -0.3 is 5.32 Å². The van der Waals surface area contributed by atoms with Gasteiger partial charge in [-0.15, -0.1) is 11.3 Å². The molecule has 0 amide bonds. The molecule has 0 saturated heterocycles. The molecule has 0 spiro atoms. The van der Waals surface area contributed by atoms with Gasteiger partial charge in [-0.2, -0.15) is 0 Å². The minimum atomic E-state index is 0.767. The van der Waals surface area contributed by atoms with Gasteiger partial charge in [0.15, 0.2) is 0 Å². The Kier molecular flexibility index (Phi) is 5.40. The first-order valence-electron chi connectivity index (χ1n) is 4.65. The van der Waals surface area contributed by atoms with Gasteiger partial charge in [-0.05, 0) is 33.6 Å². The summed E-state index contributed by atoms with van der Waals surface area (Å²) in [6.45, 7) is 3.03. The van der Waals surface area contributed by atoms with Crippen LogP contribution in [0.15, 0.2) is 6.20 Å². The van der Waals surface area contributed by atoms with Gasteiger partial charge >= 0.3 is 0 Å². The fourth-order valence-electron chi connectivity index (χ4n) is 1.20. The summed E-state index contributed by atoms with van der Waals surface area (Å²) in [4.78, 5) is 6.47. The number of rotatable bonds is 6. The molecule has 5 heteroatoms. The summed E-state index contributed by atoms with van der Waals surface area (Å²) in [6.07, 6.45) is 2.87. The topological polar surface area (TPSA) is 28.2 Å². The average Bonchev–Trinajstić information content (AvgIpc) is 2.52. The number of aromatic nitrogens is 1. The summed E-state index contributed by atoms with van der Waals surface area (Å²) in [6, 6.07) is 0. The van der Waals surface area contributed by atoms with Crippen molar-refractivity contribution in [2.45, 2.75) is 13.0 Å². The third kappa shape index (κ3) is 4.37. The van der Waals surface area contributed by atoms with Gasteiger partial charge in [0.25, 0.3) is 0 Å². The monoisotopic (exact) mass is 233 g/mol. The molecule has 14 heavy (non-hydrogen) atoms. The Hall–Kier alpha value is -0.160. The molecule has 0 atom stereocenters. The molecule has 0 bridgehead atoms. The van der Waals surface area contributed by atoms with E-state index in [4.69, 9.17) is 11.6 Å². The van der Waals surface area contributed by atoms with Crippen LogP contribution in [0, 0.1) is 0 Å². The molecule has 1 heterocycles. The summed E-state index contributed by atoms with van der Waals surface area (Å²) < 4.78 is 0.767. The van der Waals surface area contributed by atoms with Gasteiger partial charge in [-0.3, -0.25) is 4.90 Å². The molecule has 0 aliphatic carbocycles. The number of nitrogens with one attached hydrogen (secondary N) is 1. The van der Waals surface area contributed by atoms with Crippen molar-refractivity contribution in [2.24, 2.45) is 0 Å². The molecule has 1 rings (SSSR count). The Morgan fingerprint density at radius 2 is 2.43 bits per heavy atom. The van der Waals surface area contributed by atoms with Crippen molar-refractivity contribution in [1.29, 1.82) is 0 Å². The van der Waals surface area contributed by atoms with Crippen molar-refractivity contribution in [3.8, 4) is 0 Å². The number of hydrogen-bond donors (Lipinski definition) is 1. The second-order valence-electron chi connectivity index (χ2n) is 3.25. The molecule has 0 unspecified atom stereocenters. The van der Waals surface area contributed by atoms with E-state index in [0.717, 1.165) is 35.4 Å². The van der Waals surface area contributed by atoms with Crippen molar-refractivity contribution < 1.29 is 0 Å². The normalized spacial score (nSPS) is 11.1. The maximum Gasteiger partial charge on any atom is 0.113 e. The first-order valence-corrected chi connectivity index (χ1v) is 5.85. The number of hydrogen-bond acceptors (Lipinski definition) is 4. The van der Waals surface area contributed by atoms with E-state index in [2.05, 4.69) is 22.2 Å². The summed E-state index contributed by atoms with van der Waals surface area (Å²) >= 11 is 7.35. The van der Waals surface area contributed by atoms with E-state index < -0.39 is 0 Å². The van der Waals surface area contributed by atoms with Crippen LogP contribution in [0.2, 0.25) is 4.34 Å². The maximum atomic E-state index is 5.80. The second kappa shape index (κ2) is 6.35. The average molecular weight is 234 g/mol. The number of halogens is 1. The molecule has 0 radical (unpaired) electrons. The lowest BCUT2D eigenvalue weighted by Crippen LogP contribution is -2.22. The zero-order chi connectivity index (χ0) is 10.4. The summed E-state index contributed by atoms with van der Waals surface area (Å²) in [7, 11) is 4.07. The van der Waals surface area contributed by atoms with Crippen molar-refractivity contribution in [2.75, 3.05) is 27.2 Å². The van der Waals surface area contributed by atoms with Crippen LogP contribution in [0.25, 0.3) is 0 Å². The molecule has 0 aliphatic rings. The second-order valence-corrected chi connectivity index (χ2v) is 5.00. The summed E-state index contributed by atoms with van der Waals surface area (Å²) in [5, 5.41) is 4.22. The van der Waals surface area contributed by atoms with Gasteiger partial charge in [0.1, 0.15) is 9.34 Å². The Labute approximate surface area is 94.1 Å². The lowest BCUT2D eigenvalue weighted by atomic mass is 10.4.